The van der Waals surface area contributed by atoms with Gasteiger partial charge in [0.25, 0.3) is 0 Å². The summed E-state index contributed by atoms with van der Waals surface area (Å²) in [4.78, 5) is 11.4. The first-order valence-corrected chi connectivity index (χ1v) is 8.30. The van der Waals surface area contributed by atoms with Gasteiger partial charge in [-0.1, -0.05) is 0 Å². The lowest BCUT2D eigenvalue weighted by Crippen LogP contribution is -2.39. The van der Waals surface area contributed by atoms with E-state index >= 15 is 0 Å². The van der Waals surface area contributed by atoms with Gasteiger partial charge in [0.2, 0.25) is 0 Å². The van der Waals surface area contributed by atoms with Gasteiger partial charge in [0.05, 0.1) is 11.1 Å². The minimum absolute atomic E-state index is 0.0202. The summed E-state index contributed by atoms with van der Waals surface area (Å²) < 4.78 is 81.9. The van der Waals surface area contributed by atoms with Crippen LogP contribution in [0.1, 0.15) is 31.9 Å². The molecule has 0 aliphatic carbocycles. The molecule has 0 heterocycles. The summed E-state index contributed by atoms with van der Waals surface area (Å²) in [5.41, 5.74) is -4.08. The maximum absolute atomic E-state index is 12.8. The van der Waals surface area contributed by atoms with Crippen LogP contribution in [0.2, 0.25) is 0 Å². The second-order valence-electron chi connectivity index (χ2n) is 6.60. The first kappa shape index (κ1) is 23.8. The Labute approximate surface area is 162 Å². The fraction of sp³-hybridized carbons (Fsp3) is 0.500. The van der Waals surface area contributed by atoms with Crippen LogP contribution in [0.5, 0.6) is 0 Å². The third-order valence-electron chi connectivity index (χ3n) is 2.92. The lowest BCUT2D eigenvalue weighted by atomic mass is 10.1. The number of anilines is 1. The molecule has 28 heavy (non-hydrogen) atoms. The van der Waals surface area contributed by atoms with Crippen molar-refractivity contribution in [1.82, 2.24) is 10.6 Å². The van der Waals surface area contributed by atoms with Gasteiger partial charge in [0.1, 0.15) is 5.60 Å². The van der Waals surface area contributed by atoms with Crippen molar-refractivity contribution >= 4 is 29.1 Å². The zero-order valence-corrected chi connectivity index (χ0v) is 16.0. The van der Waals surface area contributed by atoms with E-state index in [4.69, 9.17) is 17.0 Å². The molecule has 12 heteroatoms. The Morgan fingerprint density at radius 1 is 0.929 bits per heavy atom. The number of alkyl halides is 6. The number of rotatable bonds is 4. The number of hydrogen-bond acceptors (Lipinski definition) is 3. The van der Waals surface area contributed by atoms with E-state index in [2.05, 4.69) is 16.0 Å². The maximum atomic E-state index is 12.8. The minimum atomic E-state index is -4.95. The molecule has 0 saturated carbocycles. The molecule has 1 amide bonds. The first-order chi connectivity index (χ1) is 12.6. The SMILES string of the molecule is CC(C)(C)OC(=O)NCCNC(=S)Nc1cc(C(F)(F)F)cc(C(F)(F)F)c1. The Bertz CT molecular complexity index is 682. The number of carbonyl (C=O) groups excluding carboxylic acids is 1. The van der Waals surface area contributed by atoms with Crippen molar-refractivity contribution < 1.29 is 35.9 Å². The van der Waals surface area contributed by atoms with Crippen LogP contribution in [-0.2, 0) is 17.1 Å². The molecule has 0 spiro atoms. The summed E-state index contributed by atoms with van der Waals surface area (Å²) in [6.45, 7) is 5.15. The van der Waals surface area contributed by atoms with E-state index in [-0.39, 0.29) is 24.3 Å². The van der Waals surface area contributed by atoms with Gasteiger partial charge in [-0.2, -0.15) is 26.3 Å². The number of hydrogen-bond donors (Lipinski definition) is 3. The number of ether oxygens (including phenoxy) is 1. The van der Waals surface area contributed by atoms with Crippen molar-refractivity contribution in [2.24, 2.45) is 0 Å². The van der Waals surface area contributed by atoms with Gasteiger partial charge in [0, 0.05) is 18.8 Å². The van der Waals surface area contributed by atoms with Crippen LogP contribution in [-0.4, -0.2) is 29.9 Å². The van der Waals surface area contributed by atoms with Crippen LogP contribution in [0.15, 0.2) is 18.2 Å². The average molecular weight is 431 g/mol. The summed E-state index contributed by atoms with van der Waals surface area (Å²) in [7, 11) is 0. The molecule has 0 aliphatic rings. The molecule has 0 radical (unpaired) electrons. The van der Waals surface area contributed by atoms with Gasteiger partial charge in [-0.05, 0) is 51.2 Å². The second-order valence-corrected chi connectivity index (χ2v) is 7.01. The standard InChI is InChI=1S/C16H19F6N3O2S/c1-14(2,3)27-13(26)24-5-4-23-12(28)25-11-7-9(15(17,18)19)6-10(8-11)16(20,21)22/h6-8H,4-5H2,1-3H3,(H,24,26)(H2,23,25,28). The summed E-state index contributed by atoms with van der Waals surface area (Å²) in [6, 6.07) is 1.05. The second kappa shape index (κ2) is 8.84. The highest BCUT2D eigenvalue weighted by atomic mass is 32.1. The van der Waals surface area contributed by atoms with Gasteiger partial charge >= 0.3 is 18.4 Å². The van der Waals surface area contributed by atoms with Gasteiger partial charge < -0.3 is 20.7 Å². The number of benzene rings is 1. The Morgan fingerprint density at radius 2 is 1.39 bits per heavy atom. The zero-order chi connectivity index (χ0) is 21.8. The highest BCUT2D eigenvalue weighted by Crippen LogP contribution is 2.37. The highest BCUT2D eigenvalue weighted by Gasteiger charge is 2.37. The van der Waals surface area contributed by atoms with Crippen LogP contribution in [0, 0.1) is 0 Å². The van der Waals surface area contributed by atoms with Crippen LogP contribution >= 0.6 is 12.2 Å². The van der Waals surface area contributed by atoms with Gasteiger partial charge in [-0.15, -0.1) is 0 Å². The predicted octanol–water partition coefficient (Wildman–Crippen LogP) is 4.54. The predicted molar refractivity (Wildman–Crippen MR) is 94.9 cm³/mol. The molecule has 1 aromatic rings. The fourth-order valence-corrected chi connectivity index (χ4v) is 2.08. The summed E-state index contributed by atoms with van der Waals surface area (Å²) in [6.07, 6.45) is -10.6. The van der Waals surface area contributed by atoms with Crippen LogP contribution < -0.4 is 16.0 Å². The van der Waals surface area contributed by atoms with E-state index in [1.807, 2.05) is 0 Å². The van der Waals surface area contributed by atoms with Crippen LogP contribution in [0.25, 0.3) is 0 Å². The molecule has 3 N–H and O–H groups in total. The Hall–Kier alpha value is -2.24. The van der Waals surface area contributed by atoms with Crippen molar-refractivity contribution in [2.45, 2.75) is 38.7 Å². The fourth-order valence-electron chi connectivity index (χ4n) is 1.86. The Balaban J connectivity index is 2.67. The molecule has 0 unspecified atom stereocenters. The van der Waals surface area contributed by atoms with Crippen molar-refractivity contribution in [1.29, 1.82) is 0 Å². The molecule has 0 atom stereocenters. The molecule has 0 saturated heterocycles. The number of amides is 1. The molecule has 0 fully saturated rings. The molecule has 158 valence electrons. The Morgan fingerprint density at radius 3 is 1.82 bits per heavy atom. The molecule has 0 aliphatic heterocycles. The molecule has 1 rings (SSSR count). The molecule has 5 nitrogen and oxygen atoms in total. The third kappa shape index (κ3) is 8.63. The smallest absolute Gasteiger partial charge is 0.416 e. The lowest BCUT2D eigenvalue weighted by molar-refractivity contribution is -0.143. The largest absolute Gasteiger partial charge is 0.444 e. The maximum Gasteiger partial charge on any atom is 0.416 e. The molecule has 1 aromatic carbocycles. The number of thiocarbonyl (C=S) groups is 1. The van der Waals surface area contributed by atoms with E-state index in [9.17, 15) is 31.1 Å². The van der Waals surface area contributed by atoms with Gasteiger partial charge in [0.15, 0.2) is 5.11 Å². The number of halogens is 6. The minimum Gasteiger partial charge on any atom is -0.444 e. The van der Waals surface area contributed by atoms with E-state index < -0.39 is 40.9 Å². The van der Waals surface area contributed by atoms with E-state index in [1.54, 1.807) is 20.8 Å². The summed E-state index contributed by atoms with van der Waals surface area (Å²) >= 11 is 4.85. The quantitative estimate of drug-likeness (QED) is 0.371. The van der Waals surface area contributed by atoms with Crippen molar-refractivity contribution in [3.8, 4) is 0 Å². The van der Waals surface area contributed by atoms with E-state index in [1.165, 1.54) is 0 Å². The van der Waals surface area contributed by atoms with Crippen molar-refractivity contribution in [3.05, 3.63) is 29.3 Å². The number of alkyl carbamates (subject to hydrolysis) is 1. The number of nitrogens with one attached hydrogen (secondary N) is 3. The molecular weight excluding hydrogens is 412 g/mol. The summed E-state index contributed by atoms with van der Waals surface area (Å²) in [5, 5.41) is 7.02. The van der Waals surface area contributed by atoms with E-state index in [0.717, 1.165) is 0 Å². The Kier molecular flexibility index (Phi) is 7.52. The monoisotopic (exact) mass is 431 g/mol. The van der Waals surface area contributed by atoms with Crippen molar-refractivity contribution in [3.63, 3.8) is 0 Å². The topological polar surface area (TPSA) is 62.4 Å². The summed E-state index contributed by atoms with van der Waals surface area (Å²) in [5.74, 6) is 0. The normalized spacial score (nSPS) is 12.3. The van der Waals surface area contributed by atoms with E-state index in [0.29, 0.717) is 12.1 Å². The van der Waals surface area contributed by atoms with Crippen LogP contribution in [0.3, 0.4) is 0 Å². The zero-order valence-electron chi connectivity index (χ0n) is 15.1. The van der Waals surface area contributed by atoms with Gasteiger partial charge in [-0.25, -0.2) is 4.79 Å². The first-order valence-electron chi connectivity index (χ1n) is 7.89. The molecule has 0 aromatic heterocycles. The van der Waals surface area contributed by atoms with Crippen molar-refractivity contribution in [2.75, 3.05) is 18.4 Å². The highest BCUT2D eigenvalue weighted by molar-refractivity contribution is 7.80. The average Bonchev–Trinajstić information content (AvgIpc) is 2.48. The van der Waals surface area contributed by atoms with Crippen LogP contribution in [0.4, 0.5) is 36.8 Å². The molecular formula is C16H19F6N3O2S. The third-order valence-corrected chi connectivity index (χ3v) is 3.17. The number of carbonyl (C=O) groups is 1. The lowest BCUT2D eigenvalue weighted by Gasteiger charge is -2.20. The van der Waals surface area contributed by atoms with Gasteiger partial charge in [-0.3, -0.25) is 0 Å². The molecule has 0 bridgehead atoms.